The molecule has 5 nitrogen and oxygen atoms in total. The number of fused-ring (bicyclic) bond motifs is 2. The van der Waals surface area contributed by atoms with Gasteiger partial charge in [-0.3, -0.25) is 0 Å². The van der Waals surface area contributed by atoms with Crippen molar-refractivity contribution in [1.82, 2.24) is 8.96 Å². The predicted molar refractivity (Wildman–Crippen MR) is 85.2 cm³/mol. The number of nitrogens with two attached hydrogens (primary N) is 1. The molecule has 6 heteroatoms. The van der Waals surface area contributed by atoms with Crippen LogP contribution in [0.1, 0.15) is 17.5 Å². The highest BCUT2D eigenvalue weighted by Gasteiger charge is 2.24. The number of rotatable bonds is 2. The molecule has 0 saturated carbocycles. The third kappa shape index (κ3) is 1.84. The molecule has 0 bridgehead atoms. The Morgan fingerprint density at radius 3 is 2.68 bits per heavy atom. The molecule has 0 unspecified atom stereocenters. The molecule has 1 aromatic heterocycles. The fourth-order valence-electron chi connectivity index (χ4n) is 3.09. The number of imidazole rings is 1. The van der Waals surface area contributed by atoms with Crippen molar-refractivity contribution in [1.29, 1.82) is 0 Å². The molecule has 2 N–H and O–H groups in total. The Morgan fingerprint density at radius 1 is 1.05 bits per heavy atom. The van der Waals surface area contributed by atoms with E-state index in [4.69, 9.17) is 5.73 Å². The number of hydrogen-bond acceptors (Lipinski definition) is 4. The van der Waals surface area contributed by atoms with E-state index in [-0.39, 0.29) is 10.8 Å². The number of benzene rings is 2. The Morgan fingerprint density at radius 2 is 1.82 bits per heavy atom. The van der Waals surface area contributed by atoms with Gasteiger partial charge < -0.3 is 5.73 Å². The summed E-state index contributed by atoms with van der Waals surface area (Å²) >= 11 is 0. The van der Waals surface area contributed by atoms with Gasteiger partial charge in [-0.15, -0.1) is 0 Å². The number of nitrogens with zero attached hydrogens (tertiary/aromatic N) is 2. The Labute approximate surface area is 128 Å². The van der Waals surface area contributed by atoms with E-state index in [0.29, 0.717) is 11.0 Å². The zero-order chi connectivity index (χ0) is 15.3. The maximum atomic E-state index is 13.0. The van der Waals surface area contributed by atoms with Crippen LogP contribution in [0.25, 0.3) is 11.0 Å². The lowest BCUT2D eigenvalue weighted by atomic mass is 10.1. The summed E-state index contributed by atoms with van der Waals surface area (Å²) in [5.74, 6) is -0.0123. The van der Waals surface area contributed by atoms with Crippen LogP contribution in [0.5, 0.6) is 0 Å². The Kier molecular flexibility index (Phi) is 2.77. The molecule has 4 rings (SSSR count). The van der Waals surface area contributed by atoms with Crippen molar-refractivity contribution in [2.24, 2.45) is 0 Å². The Hall–Kier alpha value is -2.34. The minimum absolute atomic E-state index is 0.0123. The van der Waals surface area contributed by atoms with Gasteiger partial charge in [0, 0.05) is 0 Å². The molecular weight excluding hydrogens is 298 g/mol. The summed E-state index contributed by atoms with van der Waals surface area (Å²) < 4.78 is 27.1. The molecular formula is C16H15N3O2S. The summed E-state index contributed by atoms with van der Waals surface area (Å²) in [5, 5.41) is 0. The molecule has 1 heterocycles. The van der Waals surface area contributed by atoms with E-state index in [1.807, 2.05) is 6.07 Å². The lowest BCUT2D eigenvalue weighted by Gasteiger charge is -2.10. The highest BCUT2D eigenvalue weighted by Crippen LogP contribution is 2.28. The van der Waals surface area contributed by atoms with Crippen LogP contribution in [0.2, 0.25) is 0 Å². The molecule has 2 aromatic carbocycles. The molecule has 1 aliphatic rings. The van der Waals surface area contributed by atoms with E-state index < -0.39 is 10.0 Å². The number of hydrogen-bond donors (Lipinski definition) is 1. The predicted octanol–water partition coefficient (Wildman–Crippen LogP) is 2.34. The van der Waals surface area contributed by atoms with Crippen LogP contribution in [0.4, 0.5) is 5.95 Å². The monoisotopic (exact) mass is 313 g/mol. The fraction of sp³-hybridized carbons (Fsp3) is 0.188. The molecule has 1 aliphatic carbocycles. The zero-order valence-corrected chi connectivity index (χ0v) is 12.7. The van der Waals surface area contributed by atoms with Crippen LogP contribution in [-0.2, 0) is 22.9 Å². The van der Waals surface area contributed by atoms with E-state index in [1.54, 1.807) is 36.4 Å². The van der Waals surface area contributed by atoms with E-state index in [1.165, 1.54) is 5.56 Å². The standard InChI is InChI=1S/C16H15N3O2S/c17-16-18-14-6-1-2-7-15(14)19(16)22(20,21)13-9-8-11-4-3-5-12(11)10-13/h1-2,6-10H,3-5H2,(H2,17,18). The minimum Gasteiger partial charge on any atom is -0.368 e. The molecule has 0 amide bonds. The number of para-hydroxylation sites is 2. The first-order valence-electron chi connectivity index (χ1n) is 7.18. The first kappa shape index (κ1) is 13.3. The number of nitrogen functional groups attached to an aromatic ring is 1. The molecule has 22 heavy (non-hydrogen) atoms. The molecule has 0 spiro atoms. The summed E-state index contributed by atoms with van der Waals surface area (Å²) in [6, 6.07) is 12.4. The second-order valence-corrected chi connectivity index (χ2v) is 7.30. The van der Waals surface area contributed by atoms with Crippen LogP contribution in [0.15, 0.2) is 47.4 Å². The SMILES string of the molecule is Nc1nc2ccccc2n1S(=O)(=O)c1ccc2c(c1)CCC2. The van der Waals surface area contributed by atoms with Gasteiger partial charge in [0.2, 0.25) is 5.95 Å². The second kappa shape index (κ2) is 4.58. The summed E-state index contributed by atoms with van der Waals surface area (Å²) in [4.78, 5) is 4.41. The quantitative estimate of drug-likeness (QED) is 0.787. The largest absolute Gasteiger partial charge is 0.368 e. The average Bonchev–Trinajstić information content (AvgIpc) is 3.08. The number of anilines is 1. The first-order chi connectivity index (χ1) is 10.6. The summed E-state index contributed by atoms with van der Waals surface area (Å²) in [7, 11) is -3.75. The third-order valence-corrected chi connectivity index (χ3v) is 5.87. The van der Waals surface area contributed by atoms with Crippen molar-refractivity contribution in [3.05, 3.63) is 53.6 Å². The molecule has 0 saturated heterocycles. The van der Waals surface area contributed by atoms with Crippen LogP contribution >= 0.6 is 0 Å². The highest BCUT2D eigenvalue weighted by molar-refractivity contribution is 7.90. The molecule has 0 atom stereocenters. The highest BCUT2D eigenvalue weighted by atomic mass is 32.2. The van der Waals surface area contributed by atoms with Gasteiger partial charge in [-0.05, 0) is 54.7 Å². The molecule has 0 radical (unpaired) electrons. The van der Waals surface area contributed by atoms with Gasteiger partial charge in [-0.25, -0.2) is 17.4 Å². The lowest BCUT2D eigenvalue weighted by molar-refractivity contribution is 0.589. The smallest absolute Gasteiger partial charge is 0.271 e. The summed E-state index contributed by atoms with van der Waals surface area (Å²) in [5.41, 5.74) is 9.29. The Balaban J connectivity index is 1.95. The van der Waals surface area contributed by atoms with Crippen molar-refractivity contribution in [2.75, 3.05) is 5.73 Å². The average molecular weight is 313 g/mol. The van der Waals surface area contributed by atoms with Crippen LogP contribution in [-0.4, -0.2) is 17.4 Å². The van der Waals surface area contributed by atoms with Crippen LogP contribution in [0, 0.1) is 0 Å². The topological polar surface area (TPSA) is 78.0 Å². The maximum absolute atomic E-state index is 13.0. The lowest BCUT2D eigenvalue weighted by Crippen LogP contribution is -2.15. The molecule has 3 aromatic rings. The summed E-state index contributed by atoms with van der Waals surface area (Å²) in [6.45, 7) is 0. The number of aryl methyl sites for hydroxylation is 2. The molecule has 0 aliphatic heterocycles. The van der Waals surface area contributed by atoms with Gasteiger partial charge in [0.05, 0.1) is 15.9 Å². The normalized spacial score (nSPS) is 14.4. The van der Waals surface area contributed by atoms with E-state index >= 15 is 0 Å². The van der Waals surface area contributed by atoms with Gasteiger partial charge in [-0.1, -0.05) is 18.2 Å². The van der Waals surface area contributed by atoms with E-state index in [9.17, 15) is 8.42 Å². The van der Waals surface area contributed by atoms with Gasteiger partial charge in [0.1, 0.15) is 0 Å². The summed E-state index contributed by atoms with van der Waals surface area (Å²) in [6.07, 6.45) is 3.03. The zero-order valence-electron chi connectivity index (χ0n) is 11.9. The van der Waals surface area contributed by atoms with Gasteiger partial charge in [0.15, 0.2) is 0 Å². The van der Waals surface area contributed by atoms with Crippen molar-refractivity contribution in [3.8, 4) is 0 Å². The van der Waals surface area contributed by atoms with Gasteiger partial charge in [-0.2, -0.15) is 0 Å². The van der Waals surface area contributed by atoms with Gasteiger partial charge >= 0.3 is 0 Å². The van der Waals surface area contributed by atoms with Crippen molar-refractivity contribution >= 4 is 27.0 Å². The van der Waals surface area contributed by atoms with Crippen LogP contribution < -0.4 is 5.73 Å². The first-order valence-corrected chi connectivity index (χ1v) is 8.62. The third-order valence-electron chi connectivity index (χ3n) is 4.15. The van der Waals surface area contributed by atoms with E-state index in [0.717, 1.165) is 28.8 Å². The maximum Gasteiger partial charge on any atom is 0.271 e. The van der Waals surface area contributed by atoms with Crippen molar-refractivity contribution in [2.45, 2.75) is 24.2 Å². The van der Waals surface area contributed by atoms with Crippen molar-refractivity contribution < 1.29 is 8.42 Å². The molecule has 0 fully saturated rings. The van der Waals surface area contributed by atoms with Gasteiger partial charge in [0.25, 0.3) is 10.0 Å². The number of aromatic nitrogens is 2. The minimum atomic E-state index is -3.75. The van der Waals surface area contributed by atoms with Crippen molar-refractivity contribution in [3.63, 3.8) is 0 Å². The second-order valence-electron chi connectivity index (χ2n) is 5.51. The van der Waals surface area contributed by atoms with E-state index in [2.05, 4.69) is 4.98 Å². The fourth-order valence-corrected chi connectivity index (χ4v) is 4.53. The van der Waals surface area contributed by atoms with Crippen LogP contribution in [0.3, 0.4) is 0 Å². The Bertz CT molecular complexity index is 990. The molecule has 112 valence electrons.